The van der Waals surface area contributed by atoms with E-state index in [0.717, 1.165) is 30.8 Å². The van der Waals surface area contributed by atoms with Crippen molar-refractivity contribution in [2.45, 2.75) is 26.7 Å². The highest BCUT2D eigenvalue weighted by Gasteiger charge is 2.28. The molecule has 1 aliphatic rings. The van der Waals surface area contributed by atoms with Crippen molar-refractivity contribution in [2.24, 2.45) is 0 Å². The van der Waals surface area contributed by atoms with Gasteiger partial charge in [-0.1, -0.05) is 30.3 Å². The molecular formula is C21H28NO5P. The molecule has 28 heavy (non-hydrogen) atoms. The molecule has 0 aromatic heterocycles. The van der Waals surface area contributed by atoms with Crippen LogP contribution in [0.5, 0.6) is 11.5 Å². The molecule has 0 atom stereocenters. The summed E-state index contributed by atoms with van der Waals surface area (Å²) in [5, 5.41) is 0. The molecule has 0 aliphatic carbocycles. The first-order chi connectivity index (χ1) is 13.6. The Balaban J connectivity index is 1.75. The number of ether oxygens (including phenoxy) is 2. The summed E-state index contributed by atoms with van der Waals surface area (Å²) in [5.41, 5.74) is 2.20. The van der Waals surface area contributed by atoms with Crippen LogP contribution in [0.15, 0.2) is 48.5 Å². The predicted molar refractivity (Wildman–Crippen MR) is 110 cm³/mol. The van der Waals surface area contributed by atoms with Crippen molar-refractivity contribution in [2.75, 3.05) is 37.7 Å². The fourth-order valence-corrected chi connectivity index (χ4v) is 4.95. The smallest absolute Gasteiger partial charge is 0.349 e. The zero-order chi connectivity index (χ0) is 19.8. The first-order valence-electron chi connectivity index (χ1n) is 9.70. The van der Waals surface area contributed by atoms with Crippen molar-refractivity contribution in [1.29, 1.82) is 0 Å². The molecule has 0 saturated heterocycles. The number of rotatable bonds is 11. The van der Waals surface area contributed by atoms with Crippen molar-refractivity contribution >= 4 is 13.3 Å². The highest BCUT2D eigenvalue weighted by atomic mass is 31.2. The second kappa shape index (κ2) is 9.97. The van der Waals surface area contributed by atoms with E-state index in [1.807, 2.05) is 50.2 Å². The SMILES string of the molecule is CCOP(=O)(CN(CCCc1ccccc1)c1ccc2c(c1)OCO2)OCC. The van der Waals surface area contributed by atoms with Crippen molar-refractivity contribution in [3.63, 3.8) is 0 Å². The summed E-state index contributed by atoms with van der Waals surface area (Å²) in [5.74, 6) is 1.43. The molecule has 1 heterocycles. The molecule has 152 valence electrons. The topological polar surface area (TPSA) is 57.2 Å². The number of nitrogens with zero attached hydrogens (tertiary/aromatic N) is 1. The van der Waals surface area contributed by atoms with Crippen molar-refractivity contribution in [1.82, 2.24) is 0 Å². The van der Waals surface area contributed by atoms with Gasteiger partial charge in [0, 0.05) is 18.3 Å². The molecule has 0 amide bonds. The highest BCUT2D eigenvalue weighted by molar-refractivity contribution is 7.53. The summed E-state index contributed by atoms with van der Waals surface area (Å²) in [6, 6.07) is 16.1. The van der Waals surface area contributed by atoms with Crippen molar-refractivity contribution in [3.8, 4) is 11.5 Å². The number of fused-ring (bicyclic) bond motifs is 1. The molecule has 2 aromatic rings. The van der Waals surface area contributed by atoms with Gasteiger partial charge in [0.25, 0.3) is 0 Å². The van der Waals surface area contributed by atoms with E-state index in [-0.39, 0.29) is 13.1 Å². The lowest BCUT2D eigenvalue weighted by atomic mass is 10.1. The van der Waals surface area contributed by atoms with Crippen LogP contribution in [-0.2, 0) is 20.0 Å². The van der Waals surface area contributed by atoms with Crippen LogP contribution in [0.3, 0.4) is 0 Å². The van der Waals surface area contributed by atoms with Crippen molar-refractivity contribution in [3.05, 3.63) is 54.1 Å². The lowest BCUT2D eigenvalue weighted by molar-refractivity contribution is 0.174. The Morgan fingerprint density at radius 3 is 2.43 bits per heavy atom. The molecule has 0 spiro atoms. The van der Waals surface area contributed by atoms with Gasteiger partial charge in [-0.15, -0.1) is 0 Å². The largest absolute Gasteiger partial charge is 0.454 e. The van der Waals surface area contributed by atoms with Gasteiger partial charge in [0.2, 0.25) is 6.79 Å². The van der Waals surface area contributed by atoms with Gasteiger partial charge in [-0.05, 0) is 44.4 Å². The maximum atomic E-state index is 13.1. The van der Waals surface area contributed by atoms with E-state index in [0.29, 0.717) is 19.0 Å². The van der Waals surface area contributed by atoms with E-state index in [9.17, 15) is 4.57 Å². The Morgan fingerprint density at radius 1 is 1.00 bits per heavy atom. The fraction of sp³-hybridized carbons (Fsp3) is 0.429. The number of hydrogen-bond acceptors (Lipinski definition) is 6. The molecule has 7 heteroatoms. The van der Waals surface area contributed by atoms with E-state index in [4.69, 9.17) is 18.5 Å². The molecule has 1 aliphatic heterocycles. The Labute approximate surface area is 166 Å². The average Bonchev–Trinajstić information content (AvgIpc) is 3.16. The molecule has 2 aromatic carbocycles. The third kappa shape index (κ3) is 5.51. The summed E-state index contributed by atoms with van der Waals surface area (Å²) in [4.78, 5) is 2.05. The molecular weight excluding hydrogens is 377 g/mol. The summed E-state index contributed by atoms with van der Waals surface area (Å²) in [6.07, 6.45) is 2.05. The van der Waals surface area contributed by atoms with Gasteiger partial charge in [0.15, 0.2) is 11.5 Å². The van der Waals surface area contributed by atoms with Gasteiger partial charge in [-0.25, -0.2) is 0 Å². The maximum absolute atomic E-state index is 13.1. The average molecular weight is 405 g/mol. The standard InChI is InChI=1S/C21H28NO5P/c1-3-26-28(23,27-4-2)16-22(14-8-11-18-9-6-5-7-10-18)19-12-13-20-21(15-19)25-17-24-20/h5-7,9-10,12-13,15H,3-4,8,11,14,16-17H2,1-2H3. The molecule has 0 radical (unpaired) electrons. The van der Waals surface area contributed by atoms with Crippen LogP contribution in [0.25, 0.3) is 0 Å². The molecule has 3 rings (SSSR count). The summed E-state index contributed by atoms with van der Waals surface area (Å²) < 4.78 is 35.1. The molecule has 0 fully saturated rings. The molecule has 6 nitrogen and oxygen atoms in total. The van der Waals surface area contributed by atoms with Crippen LogP contribution in [0.2, 0.25) is 0 Å². The van der Waals surface area contributed by atoms with Crippen LogP contribution in [-0.4, -0.2) is 32.8 Å². The minimum Gasteiger partial charge on any atom is -0.454 e. The summed E-state index contributed by atoms with van der Waals surface area (Å²) in [7, 11) is -3.22. The third-order valence-corrected chi connectivity index (χ3v) is 6.44. The van der Waals surface area contributed by atoms with Crippen LogP contribution in [0, 0.1) is 0 Å². The zero-order valence-corrected chi connectivity index (χ0v) is 17.4. The van der Waals surface area contributed by atoms with Gasteiger partial charge >= 0.3 is 7.60 Å². The van der Waals surface area contributed by atoms with Crippen LogP contribution in [0.4, 0.5) is 5.69 Å². The van der Waals surface area contributed by atoms with Crippen molar-refractivity contribution < 1.29 is 23.1 Å². The van der Waals surface area contributed by atoms with Crippen LogP contribution < -0.4 is 14.4 Å². The lowest BCUT2D eigenvalue weighted by Gasteiger charge is -2.29. The Hall–Kier alpha value is -2.01. The van der Waals surface area contributed by atoms with Crippen LogP contribution in [0.1, 0.15) is 25.8 Å². The zero-order valence-electron chi connectivity index (χ0n) is 16.5. The predicted octanol–water partition coefficient (Wildman–Crippen LogP) is 5.08. The van der Waals surface area contributed by atoms with E-state index < -0.39 is 7.60 Å². The van der Waals surface area contributed by atoms with E-state index in [1.165, 1.54) is 5.56 Å². The van der Waals surface area contributed by atoms with Gasteiger partial charge in [0.05, 0.1) is 13.2 Å². The molecule has 0 bridgehead atoms. The maximum Gasteiger partial charge on any atom is 0.349 e. The van der Waals surface area contributed by atoms with E-state index in [1.54, 1.807) is 0 Å². The third-order valence-electron chi connectivity index (χ3n) is 4.45. The highest BCUT2D eigenvalue weighted by Crippen LogP contribution is 2.49. The monoisotopic (exact) mass is 405 g/mol. The number of aryl methyl sites for hydroxylation is 1. The first-order valence-corrected chi connectivity index (χ1v) is 11.4. The fourth-order valence-electron chi connectivity index (χ4n) is 3.20. The summed E-state index contributed by atoms with van der Waals surface area (Å²) >= 11 is 0. The first kappa shape index (κ1) is 20.7. The second-order valence-electron chi connectivity index (χ2n) is 6.48. The molecule has 0 N–H and O–H groups in total. The summed E-state index contributed by atoms with van der Waals surface area (Å²) in [6.45, 7) is 5.28. The Morgan fingerprint density at radius 2 is 1.71 bits per heavy atom. The number of anilines is 1. The van der Waals surface area contributed by atoms with Gasteiger partial charge < -0.3 is 23.4 Å². The van der Waals surface area contributed by atoms with Gasteiger partial charge in [-0.3, -0.25) is 4.57 Å². The second-order valence-corrected chi connectivity index (χ2v) is 8.50. The quantitative estimate of drug-likeness (QED) is 0.486. The Bertz CT molecular complexity index is 789. The number of benzene rings is 2. The minimum absolute atomic E-state index is 0.198. The Kier molecular flexibility index (Phi) is 7.37. The normalized spacial score (nSPS) is 12.9. The lowest BCUT2D eigenvalue weighted by Crippen LogP contribution is -2.27. The minimum atomic E-state index is -3.22. The molecule has 0 unspecified atom stereocenters. The number of hydrogen-bond donors (Lipinski definition) is 0. The van der Waals surface area contributed by atoms with Gasteiger partial charge in [0.1, 0.15) is 6.29 Å². The van der Waals surface area contributed by atoms with Gasteiger partial charge in [-0.2, -0.15) is 0 Å². The molecule has 0 saturated carbocycles. The van der Waals surface area contributed by atoms with E-state index in [2.05, 4.69) is 17.0 Å². The van der Waals surface area contributed by atoms with E-state index >= 15 is 0 Å². The van der Waals surface area contributed by atoms with Crippen LogP contribution >= 0.6 is 7.60 Å².